The lowest BCUT2D eigenvalue weighted by molar-refractivity contribution is -0.119. The fourth-order valence-electron chi connectivity index (χ4n) is 2.93. The van der Waals surface area contributed by atoms with Gasteiger partial charge in [-0.1, -0.05) is 15.9 Å². The number of ether oxygens (including phenoxy) is 1. The summed E-state index contributed by atoms with van der Waals surface area (Å²) in [6.07, 6.45) is 2.12. The Morgan fingerprint density at radius 1 is 1.15 bits per heavy atom. The van der Waals surface area contributed by atoms with Crippen LogP contribution < -0.4 is 10.1 Å². The van der Waals surface area contributed by atoms with Crippen LogP contribution in [0.4, 0.5) is 5.69 Å². The van der Waals surface area contributed by atoms with E-state index >= 15 is 0 Å². The SMILES string of the molecule is Cc1cc(SCCCCOc2ccc3c(c2)C(C)(C)C(=O)N3)ccc1Br. The fraction of sp³-hybridized carbons (Fsp3) is 0.381. The number of anilines is 1. The lowest BCUT2D eigenvalue weighted by Gasteiger charge is -2.16. The molecule has 0 atom stereocenters. The predicted molar refractivity (Wildman–Crippen MR) is 112 cm³/mol. The molecule has 5 heteroatoms. The molecule has 2 aromatic rings. The van der Waals surface area contributed by atoms with Gasteiger partial charge in [0.25, 0.3) is 0 Å². The van der Waals surface area contributed by atoms with Crippen molar-refractivity contribution in [1.82, 2.24) is 0 Å². The summed E-state index contributed by atoms with van der Waals surface area (Å²) in [6, 6.07) is 12.3. The quantitative estimate of drug-likeness (QED) is 0.433. The number of benzene rings is 2. The second kappa shape index (κ2) is 8.05. The van der Waals surface area contributed by atoms with Crippen molar-refractivity contribution < 1.29 is 9.53 Å². The van der Waals surface area contributed by atoms with E-state index in [4.69, 9.17) is 4.74 Å². The van der Waals surface area contributed by atoms with Crippen LogP contribution in [0.3, 0.4) is 0 Å². The number of aryl methyl sites for hydroxylation is 1. The fourth-order valence-corrected chi connectivity index (χ4v) is 4.19. The molecule has 26 heavy (non-hydrogen) atoms. The van der Waals surface area contributed by atoms with E-state index in [1.807, 2.05) is 43.8 Å². The average Bonchev–Trinajstić information content (AvgIpc) is 2.83. The van der Waals surface area contributed by atoms with Crippen LogP contribution in [0.15, 0.2) is 45.8 Å². The highest BCUT2D eigenvalue weighted by molar-refractivity contribution is 9.10. The lowest BCUT2D eigenvalue weighted by atomic mass is 9.86. The van der Waals surface area contributed by atoms with Crippen LogP contribution in [-0.2, 0) is 10.2 Å². The average molecular weight is 434 g/mol. The zero-order chi connectivity index (χ0) is 18.7. The molecule has 2 aromatic carbocycles. The Morgan fingerprint density at radius 2 is 1.96 bits per heavy atom. The third-order valence-electron chi connectivity index (χ3n) is 4.69. The van der Waals surface area contributed by atoms with Crippen molar-refractivity contribution >= 4 is 39.3 Å². The third kappa shape index (κ3) is 4.26. The highest BCUT2D eigenvalue weighted by Gasteiger charge is 2.38. The number of carbonyl (C=O) groups excluding carboxylic acids is 1. The van der Waals surface area contributed by atoms with Gasteiger partial charge in [0.15, 0.2) is 0 Å². The number of hydrogen-bond donors (Lipinski definition) is 1. The van der Waals surface area contributed by atoms with Gasteiger partial charge in [-0.25, -0.2) is 0 Å². The van der Waals surface area contributed by atoms with Gasteiger partial charge in [-0.3, -0.25) is 4.79 Å². The van der Waals surface area contributed by atoms with E-state index in [9.17, 15) is 4.79 Å². The Kier molecular flexibility index (Phi) is 5.98. The van der Waals surface area contributed by atoms with Crippen molar-refractivity contribution in [3.8, 4) is 5.75 Å². The summed E-state index contributed by atoms with van der Waals surface area (Å²) in [4.78, 5) is 13.3. The minimum Gasteiger partial charge on any atom is -0.494 e. The number of hydrogen-bond acceptors (Lipinski definition) is 3. The topological polar surface area (TPSA) is 38.3 Å². The Hall–Kier alpha value is -1.46. The Labute approximate surface area is 168 Å². The second-order valence-corrected chi connectivity index (χ2v) is 9.12. The Balaban J connectivity index is 1.43. The summed E-state index contributed by atoms with van der Waals surface area (Å²) in [6.45, 7) is 6.70. The normalized spacial score (nSPS) is 14.8. The maximum atomic E-state index is 12.0. The van der Waals surface area contributed by atoms with Crippen LogP contribution in [-0.4, -0.2) is 18.3 Å². The number of halogens is 1. The monoisotopic (exact) mass is 433 g/mol. The molecular formula is C21H24BrNO2S. The number of rotatable bonds is 7. The Bertz CT molecular complexity index is 820. The van der Waals surface area contributed by atoms with Gasteiger partial charge in [-0.15, -0.1) is 11.8 Å². The molecule has 0 saturated carbocycles. The number of unbranched alkanes of at least 4 members (excludes halogenated alkanes) is 1. The second-order valence-electron chi connectivity index (χ2n) is 7.10. The number of thioether (sulfide) groups is 1. The first kappa shape index (κ1) is 19.3. The van der Waals surface area contributed by atoms with Gasteiger partial charge in [-0.05, 0) is 86.9 Å². The molecule has 1 amide bonds. The van der Waals surface area contributed by atoms with Crippen LogP contribution in [0.1, 0.15) is 37.8 Å². The molecule has 0 spiro atoms. The number of amides is 1. The van der Waals surface area contributed by atoms with E-state index in [0.717, 1.165) is 40.1 Å². The molecule has 138 valence electrons. The summed E-state index contributed by atoms with van der Waals surface area (Å²) in [5.41, 5.74) is 2.69. The smallest absolute Gasteiger partial charge is 0.234 e. The standard InChI is InChI=1S/C21H24BrNO2S/c1-14-12-16(7-8-18(14)22)26-11-5-4-10-25-15-6-9-19-17(13-15)21(2,3)20(24)23-19/h6-9,12-13H,4-5,10-11H2,1-3H3,(H,23,24). The first-order valence-electron chi connectivity index (χ1n) is 8.85. The van der Waals surface area contributed by atoms with Gasteiger partial charge < -0.3 is 10.1 Å². The molecule has 0 saturated heterocycles. The van der Waals surface area contributed by atoms with Crippen molar-refractivity contribution in [1.29, 1.82) is 0 Å². The minimum atomic E-state index is -0.492. The van der Waals surface area contributed by atoms with Crippen molar-refractivity contribution in [2.45, 2.75) is 43.9 Å². The van der Waals surface area contributed by atoms with E-state index < -0.39 is 5.41 Å². The molecule has 1 N–H and O–H groups in total. The maximum Gasteiger partial charge on any atom is 0.234 e. The van der Waals surface area contributed by atoms with Gasteiger partial charge >= 0.3 is 0 Å². The molecule has 1 aliphatic rings. The third-order valence-corrected chi connectivity index (χ3v) is 6.66. The predicted octanol–water partition coefficient (Wildman–Crippen LogP) is 5.94. The molecule has 0 fully saturated rings. The zero-order valence-corrected chi connectivity index (χ0v) is 17.8. The molecule has 0 radical (unpaired) electrons. The zero-order valence-electron chi connectivity index (χ0n) is 15.4. The molecule has 0 aliphatic carbocycles. The van der Waals surface area contributed by atoms with E-state index in [0.29, 0.717) is 6.61 Å². The van der Waals surface area contributed by atoms with Gasteiger partial charge in [-0.2, -0.15) is 0 Å². The van der Waals surface area contributed by atoms with Gasteiger partial charge in [0.05, 0.1) is 12.0 Å². The molecule has 0 aromatic heterocycles. The molecule has 3 nitrogen and oxygen atoms in total. The van der Waals surface area contributed by atoms with Gasteiger partial charge in [0, 0.05) is 15.1 Å². The summed E-state index contributed by atoms with van der Waals surface area (Å²) in [5.74, 6) is 1.97. The summed E-state index contributed by atoms with van der Waals surface area (Å²) in [7, 11) is 0. The number of carbonyl (C=O) groups is 1. The van der Waals surface area contributed by atoms with Crippen molar-refractivity contribution in [2.24, 2.45) is 0 Å². The summed E-state index contributed by atoms with van der Waals surface area (Å²) >= 11 is 5.42. The Morgan fingerprint density at radius 3 is 2.73 bits per heavy atom. The van der Waals surface area contributed by atoms with E-state index in [1.165, 1.54) is 10.5 Å². The van der Waals surface area contributed by atoms with E-state index in [-0.39, 0.29) is 5.91 Å². The van der Waals surface area contributed by atoms with E-state index in [2.05, 4.69) is 46.4 Å². The lowest BCUT2D eigenvalue weighted by Crippen LogP contribution is -2.26. The first-order valence-corrected chi connectivity index (χ1v) is 10.6. The largest absolute Gasteiger partial charge is 0.494 e. The molecular weight excluding hydrogens is 410 g/mol. The van der Waals surface area contributed by atoms with Crippen molar-refractivity contribution in [3.05, 3.63) is 52.0 Å². The summed E-state index contributed by atoms with van der Waals surface area (Å²) < 4.78 is 7.05. The molecule has 0 bridgehead atoms. The molecule has 1 aliphatic heterocycles. The van der Waals surface area contributed by atoms with Crippen LogP contribution in [0.2, 0.25) is 0 Å². The van der Waals surface area contributed by atoms with Crippen LogP contribution >= 0.6 is 27.7 Å². The maximum absolute atomic E-state index is 12.0. The van der Waals surface area contributed by atoms with Crippen LogP contribution in [0.25, 0.3) is 0 Å². The van der Waals surface area contributed by atoms with Gasteiger partial charge in [0.1, 0.15) is 5.75 Å². The van der Waals surface area contributed by atoms with E-state index in [1.54, 1.807) is 0 Å². The number of nitrogens with one attached hydrogen (secondary N) is 1. The first-order chi connectivity index (χ1) is 12.4. The number of fused-ring (bicyclic) bond motifs is 1. The van der Waals surface area contributed by atoms with Crippen molar-refractivity contribution in [2.75, 3.05) is 17.7 Å². The molecule has 0 unspecified atom stereocenters. The van der Waals surface area contributed by atoms with Crippen LogP contribution in [0, 0.1) is 6.92 Å². The van der Waals surface area contributed by atoms with Crippen molar-refractivity contribution in [3.63, 3.8) is 0 Å². The van der Waals surface area contributed by atoms with Crippen LogP contribution in [0.5, 0.6) is 5.75 Å². The minimum absolute atomic E-state index is 0.0462. The highest BCUT2D eigenvalue weighted by Crippen LogP contribution is 2.39. The molecule has 3 rings (SSSR count). The summed E-state index contributed by atoms with van der Waals surface area (Å²) in [5, 5.41) is 2.92. The van der Waals surface area contributed by atoms with Gasteiger partial charge in [0.2, 0.25) is 5.91 Å². The highest BCUT2D eigenvalue weighted by atomic mass is 79.9. The molecule has 1 heterocycles.